The van der Waals surface area contributed by atoms with Gasteiger partial charge in [-0.15, -0.1) is 0 Å². The lowest BCUT2D eigenvalue weighted by Crippen LogP contribution is -2.44. The number of likely N-dealkylation sites (tertiary alicyclic amines) is 1. The number of hydrogen-bond donors (Lipinski definition) is 1. The van der Waals surface area contributed by atoms with E-state index in [9.17, 15) is 4.79 Å². The summed E-state index contributed by atoms with van der Waals surface area (Å²) in [5.41, 5.74) is 0.662. The van der Waals surface area contributed by atoms with Gasteiger partial charge in [0.05, 0.1) is 5.56 Å². The molecule has 0 bridgehead atoms. The molecule has 3 rings (SSSR count). The first kappa shape index (κ1) is 15.5. The Labute approximate surface area is 136 Å². The number of nitrogens with zero attached hydrogens (tertiary/aromatic N) is 4. The first-order valence-corrected chi connectivity index (χ1v) is 8.20. The van der Waals surface area contributed by atoms with Gasteiger partial charge in [0, 0.05) is 44.8 Å². The predicted octanol–water partition coefficient (Wildman–Crippen LogP) is 2.40. The van der Waals surface area contributed by atoms with E-state index in [4.69, 9.17) is 0 Å². The van der Waals surface area contributed by atoms with Gasteiger partial charge < -0.3 is 10.2 Å². The van der Waals surface area contributed by atoms with Crippen molar-refractivity contribution in [2.75, 3.05) is 18.9 Å². The molecule has 1 aliphatic heterocycles. The molecule has 1 N–H and O–H groups in total. The van der Waals surface area contributed by atoms with Gasteiger partial charge in [-0.25, -0.2) is 4.98 Å². The van der Waals surface area contributed by atoms with Gasteiger partial charge in [0.15, 0.2) is 0 Å². The van der Waals surface area contributed by atoms with Crippen molar-refractivity contribution in [2.24, 2.45) is 0 Å². The summed E-state index contributed by atoms with van der Waals surface area (Å²) in [7, 11) is 1.82. The number of rotatable bonds is 5. The topological polar surface area (TPSA) is 63.1 Å². The monoisotopic (exact) mass is 313 g/mol. The van der Waals surface area contributed by atoms with Gasteiger partial charge in [0.2, 0.25) is 0 Å². The zero-order valence-electron chi connectivity index (χ0n) is 13.5. The molecule has 1 atom stereocenters. The second-order valence-electron chi connectivity index (χ2n) is 5.89. The summed E-state index contributed by atoms with van der Waals surface area (Å²) < 4.78 is 1.93. The van der Waals surface area contributed by atoms with Crippen molar-refractivity contribution in [1.29, 1.82) is 0 Å². The fourth-order valence-corrected chi connectivity index (χ4v) is 3.12. The molecule has 6 heteroatoms. The van der Waals surface area contributed by atoms with Crippen LogP contribution in [0.1, 0.15) is 36.0 Å². The van der Waals surface area contributed by atoms with Crippen molar-refractivity contribution in [3.05, 3.63) is 42.4 Å². The van der Waals surface area contributed by atoms with E-state index in [1.807, 2.05) is 41.0 Å². The molecule has 0 unspecified atom stereocenters. The first-order chi connectivity index (χ1) is 11.3. The van der Waals surface area contributed by atoms with Gasteiger partial charge in [0.1, 0.15) is 5.82 Å². The molecule has 6 nitrogen and oxygen atoms in total. The fourth-order valence-electron chi connectivity index (χ4n) is 3.12. The van der Waals surface area contributed by atoms with E-state index < -0.39 is 0 Å². The Bertz CT molecular complexity index is 623. The standard InChI is InChI=1S/C17H23N5O/c1-18-16-7-6-14(13-19-16)17(23)22-11-3-2-5-15(22)8-12-21-10-4-9-20-21/h4,6-7,9-10,13,15H,2-3,5,8,11-12H2,1H3,(H,18,19)/t15-/m1/s1. The van der Waals surface area contributed by atoms with Crippen molar-refractivity contribution < 1.29 is 4.79 Å². The lowest BCUT2D eigenvalue weighted by molar-refractivity contribution is 0.0593. The number of carbonyl (C=O) groups excluding carboxylic acids is 1. The number of amides is 1. The minimum atomic E-state index is 0.0883. The zero-order valence-corrected chi connectivity index (χ0v) is 13.5. The van der Waals surface area contributed by atoms with E-state index in [0.29, 0.717) is 5.56 Å². The number of anilines is 1. The molecule has 1 amide bonds. The number of piperidine rings is 1. The smallest absolute Gasteiger partial charge is 0.255 e. The molecule has 0 radical (unpaired) electrons. The Balaban J connectivity index is 1.67. The molecule has 3 heterocycles. The molecule has 0 saturated carbocycles. The third-order valence-corrected chi connectivity index (χ3v) is 4.41. The number of carbonyl (C=O) groups is 1. The Hall–Kier alpha value is -2.37. The molecule has 0 aromatic carbocycles. The highest BCUT2D eigenvalue weighted by atomic mass is 16.2. The summed E-state index contributed by atoms with van der Waals surface area (Å²) in [5.74, 6) is 0.862. The highest BCUT2D eigenvalue weighted by Gasteiger charge is 2.27. The minimum Gasteiger partial charge on any atom is -0.373 e. The van der Waals surface area contributed by atoms with Crippen molar-refractivity contribution in [3.8, 4) is 0 Å². The quantitative estimate of drug-likeness (QED) is 0.921. The van der Waals surface area contributed by atoms with Crippen LogP contribution in [0.15, 0.2) is 36.8 Å². The van der Waals surface area contributed by atoms with Crippen LogP contribution < -0.4 is 5.32 Å². The van der Waals surface area contributed by atoms with E-state index >= 15 is 0 Å². The summed E-state index contributed by atoms with van der Waals surface area (Å²) in [6, 6.07) is 5.90. The first-order valence-electron chi connectivity index (χ1n) is 8.20. The Morgan fingerprint density at radius 3 is 3.00 bits per heavy atom. The highest BCUT2D eigenvalue weighted by Crippen LogP contribution is 2.22. The van der Waals surface area contributed by atoms with Crippen LogP contribution in [0.25, 0.3) is 0 Å². The van der Waals surface area contributed by atoms with E-state index in [1.165, 1.54) is 6.42 Å². The molecular formula is C17H23N5O. The van der Waals surface area contributed by atoms with Crippen LogP contribution in [0.4, 0.5) is 5.82 Å². The van der Waals surface area contributed by atoms with Crippen LogP contribution in [-0.4, -0.2) is 45.2 Å². The third-order valence-electron chi connectivity index (χ3n) is 4.41. The lowest BCUT2D eigenvalue weighted by atomic mass is 9.98. The second-order valence-corrected chi connectivity index (χ2v) is 5.89. The van der Waals surface area contributed by atoms with Crippen molar-refractivity contribution in [2.45, 2.75) is 38.3 Å². The van der Waals surface area contributed by atoms with E-state index in [2.05, 4.69) is 15.4 Å². The number of aromatic nitrogens is 3. The SMILES string of the molecule is CNc1ccc(C(=O)N2CCCC[C@@H]2CCn2cccn2)cn1. The van der Waals surface area contributed by atoms with Crippen LogP contribution in [0.3, 0.4) is 0 Å². The Morgan fingerprint density at radius 2 is 2.30 bits per heavy atom. The zero-order chi connectivity index (χ0) is 16.1. The highest BCUT2D eigenvalue weighted by molar-refractivity contribution is 5.94. The van der Waals surface area contributed by atoms with Gasteiger partial charge in [-0.1, -0.05) is 0 Å². The maximum Gasteiger partial charge on any atom is 0.255 e. The summed E-state index contributed by atoms with van der Waals surface area (Å²) in [4.78, 5) is 19.1. The molecule has 1 aliphatic rings. The summed E-state index contributed by atoms with van der Waals surface area (Å²) in [6.45, 7) is 1.68. The molecule has 23 heavy (non-hydrogen) atoms. The maximum atomic E-state index is 12.8. The van der Waals surface area contributed by atoms with Crippen LogP contribution >= 0.6 is 0 Å². The fraction of sp³-hybridized carbons (Fsp3) is 0.471. The van der Waals surface area contributed by atoms with Crippen LogP contribution in [0.5, 0.6) is 0 Å². The third kappa shape index (κ3) is 3.70. The Morgan fingerprint density at radius 1 is 1.39 bits per heavy atom. The van der Waals surface area contributed by atoms with Gasteiger partial charge in [-0.2, -0.15) is 5.10 Å². The number of nitrogens with one attached hydrogen (secondary N) is 1. The van der Waals surface area contributed by atoms with Crippen LogP contribution in [0, 0.1) is 0 Å². The molecular weight excluding hydrogens is 290 g/mol. The second kappa shape index (κ2) is 7.26. The van der Waals surface area contributed by atoms with E-state index in [-0.39, 0.29) is 11.9 Å². The largest absolute Gasteiger partial charge is 0.373 e. The summed E-state index contributed by atoms with van der Waals surface area (Å²) >= 11 is 0. The van der Waals surface area contributed by atoms with Gasteiger partial charge in [-0.3, -0.25) is 9.48 Å². The van der Waals surface area contributed by atoms with Crippen LogP contribution in [0.2, 0.25) is 0 Å². The summed E-state index contributed by atoms with van der Waals surface area (Å²) in [6.07, 6.45) is 9.68. The van der Waals surface area contributed by atoms with Crippen molar-refractivity contribution >= 4 is 11.7 Å². The predicted molar refractivity (Wildman–Crippen MR) is 89.3 cm³/mol. The maximum absolute atomic E-state index is 12.8. The molecule has 0 spiro atoms. The summed E-state index contributed by atoms with van der Waals surface area (Å²) in [5, 5.41) is 7.22. The molecule has 122 valence electrons. The number of pyridine rings is 1. The number of aryl methyl sites for hydroxylation is 1. The van der Waals surface area contributed by atoms with E-state index in [0.717, 1.165) is 38.2 Å². The minimum absolute atomic E-state index is 0.0883. The normalized spacial score (nSPS) is 18.0. The molecule has 2 aromatic rings. The molecule has 0 aliphatic carbocycles. The van der Waals surface area contributed by atoms with Gasteiger partial charge >= 0.3 is 0 Å². The molecule has 1 saturated heterocycles. The number of hydrogen-bond acceptors (Lipinski definition) is 4. The lowest BCUT2D eigenvalue weighted by Gasteiger charge is -2.36. The van der Waals surface area contributed by atoms with Gasteiger partial charge in [0.25, 0.3) is 5.91 Å². The van der Waals surface area contributed by atoms with Gasteiger partial charge in [-0.05, 0) is 43.9 Å². The average molecular weight is 313 g/mol. The average Bonchev–Trinajstić information content (AvgIpc) is 3.13. The van der Waals surface area contributed by atoms with Crippen LogP contribution in [-0.2, 0) is 6.54 Å². The van der Waals surface area contributed by atoms with Crippen molar-refractivity contribution in [3.63, 3.8) is 0 Å². The Kier molecular flexibility index (Phi) is 4.90. The van der Waals surface area contributed by atoms with E-state index in [1.54, 1.807) is 12.4 Å². The van der Waals surface area contributed by atoms with Crippen molar-refractivity contribution in [1.82, 2.24) is 19.7 Å². The molecule has 1 fully saturated rings. The molecule has 2 aromatic heterocycles.